The van der Waals surface area contributed by atoms with Crippen molar-refractivity contribution < 1.29 is 9.32 Å². The molecule has 1 amide bonds. The maximum Gasteiger partial charge on any atom is 0.259 e. The fourth-order valence-electron chi connectivity index (χ4n) is 3.83. The number of aromatic amines is 1. The van der Waals surface area contributed by atoms with Gasteiger partial charge in [-0.1, -0.05) is 12.1 Å². The van der Waals surface area contributed by atoms with Gasteiger partial charge in [0.1, 0.15) is 11.3 Å². The smallest absolute Gasteiger partial charge is 0.259 e. The molecule has 3 aromatic heterocycles. The molecule has 1 fully saturated rings. The number of carbonyl (C=O) groups is 1. The van der Waals surface area contributed by atoms with Crippen molar-refractivity contribution in [1.29, 1.82) is 0 Å². The number of rotatable bonds is 3. The van der Waals surface area contributed by atoms with Crippen molar-refractivity contribution in [3.8, 4) is 0 Å². The van der Waals surface area contributed by atoms with Crippen LogP contribution in [0.25, 0.3) is 10.9 Å². The third-order valence-electron chi connectivity index (χ3n) is 5.25. The minimum Gasteiger partial charge on any atom is -0.360 e. The average molecular weight is 366 g/mol. The van der Waals surface area contributed by atoms with Crippen LogP contribution in [0.4, 0.5) is 0 Å². The molecule has 4 heterocycles. The normalized spacial score (nSPS) is 17.4. The van der Waals surface area contributed by atoms with Gasteiger partial charge in [-0.05, 0) is 38.0 Å². The summed E-state index contributed by atoms with van der Waals surface area (Å²) < 4.78 is 5.28. The van der Waals surface area contributed by atoms with Crippen molar-refractivity contribution in [2.75, 3.05) is 13.1 Å². The number of aryl methyl sites for hydroxylation is 2. The number of nitrogens with one attached hydrogen (secondary N) is 1. The van der Waals surface area contributed by atoms with Gasteiger partial charge >= 0.3 is 0 Å². The molecule has 0 saturated carbocycles. The quantitative estimate of drug-likeness (QED) is 0.769. The first kappa shape index (κ1) is 17.5. The third-order valence-corrected chi connectivity index (χ3v) is 5.25. The molecule has 4 rings (SSSR count). The Balaban J connectivity index is 1.62. The Kier molecular flexibility index (Phi) is 4.51. The number of nitrogens with zero attached hydrogens (tertiary/aromatic N) is 3. The number of hydrogen-bond acceptors (Lipinski definition) is 5. The summed E-state index contributed by atoms with van der Waals surface area (Å²) in [6, 6.07) is 5.45. The summed E-state index contributed by atoms with van der Waals surface area (Å²) in [6.45, 7) is 4.99. The fraction of sp³-hybridized carbons (Fsp3) is 0.400. The third kappa shape index (κ3) is 3.13. The second kappa shape index (κ2) is 6.98. The van der Waals surface area contributed by atoms with Gasteiger partial charge in [-0.25, -0.2) is 0 Å². The van der Waals surface area contributed by atoms with E-state index in [9.17, 15) is 9.59 Å². The van der Waals surface area contributed by atoms with Gasteiger partial charge in [0.2, 0.25) is 0 Å². The van der Waals surface area contributed by atoms with Crippen LogP contribution >= 0.6 is 0 Å². The van der Waals surface area contributed by atoms with E-state index in [2.05, 4.69) is 15.1 Å². The number of hydrogen-bond donors (Lipinski definition) is 1. The molecule has 140 valence electrons. The lowest BCUT2D eigenvalue weighted by Gasteiger charge is -2.32. The Bertz CT molecular complexity index is 1050. The van der Waals surface area contributed by atoms with Gasteiger partial charge in [0.05, 0.1) is 16.6 Å². The Morgan fingerprint density at radius 1 is 1.44 bits per heavy atom. The monoisotopic (exact) mass is 366 g/mol. The van der Waals surface area contributed by atoms with E-state index in [-0.39, 0.29) is 17.4 Å². The Labute approximate surface area is 156 Å². The van der Waals surface area contributed by atoms with Crippen LogP contribution < -0.4 is 5.56 Å². The number of amides is 1. The predicted molar refractivity (Wildman–Crippen MR) is 101 cm³/mol. The van der Waals surface area contributed by atoms with E-state index in [0.29, 0.717) is 47.4 Å². The summed E-state index contributed by atoms with van der Waals surface area (Å²) in [7, 11) is 0. The lowest BCUT2D eigenvalue weighted by atomic mass is 9.93. The van der Waals surface area contributed by atoms with E-state index in [4.69, 9.17) is 4.52 Å². The molecule has 1 saturated heterocycles. The summed E-state index contributed by atoms with van der Waals surface area (Å²) in [6.07, 6.45) is 4.11. The highest BCUT2D eigenvalue weighted by Crippen LogP contribution is 2.28. The van der Waals surface area contributed by atoms with Crippen LogP contribution in [0, 0.1) is 6.92 Å². The van der Waals surface area contributed by atoms with E-state index in [0.717, 1.165) is 18.5 Å². The van der Waals surface area contributed by atoms with Crippen LogP contribution in [-0.2, 0) is 6.42 Å². The number of fused-ring (bicyclic) bond motifs is 1. The predicted octanol–water partition coefficient (Wildman–Crippen LogP) is 2.80. The molecule has 1 aliphatic rings. The van der Waals surface area contributed by atoms with Crippen LogP contribution in [0.1, 0.15) is 53.2 Å². The molecule has 1 N–H and O–H groups in total. The van der Waals surface area contributed by atoms with Gasteiger partial charge in [0, 0.05) is 37.3 Å². The summed E-state index contributed by atoms with van der Waals surface area (Å²) in [5.41, 5.74) is 2.58. The first-order valence-corrected chi connectivity index (χ1v) is 9.30. The Morgan fingerprint density at radius 2 is 2.30 bits per heavy atom. The molecular formula is C20H22N4O3. The van der Waals surface area contributed by atoms with Crippen LogP contribution in [0.5, 0.6) is 0 Å². The lowest BCUT2D eigenvalue weighted by Crippen LogP contribution is -2.40. The van der Waals surface area contributed by atoms with E-state index >= 15 is 0 Å². The standard InChI is InChI=1S/C20H22N4O3/c1-3-17-18(12(2)23-27-17)20(26)24-9-5-6-13(11-24)15-10-16-14(19(25)22-15)7-4-8-21-16/h4,7-8,10,13H,3,5-6,9,11H2,1-2H3,(H,22,25)/t13-/m1/s1. The van der Waals surface area contributed by atoms with Crippen molar-refractivity contribution in [3.05, 3.63) is 57.5 Å². The van der Waals surface area contributed by atoms with Crippen molar-refractivity contribution in [2.24, 2.45) is 0 Å². The van der Waals surface area contributed by atoms with Crippen LogP contribution in [0.3, 0.4) is 0 Å². The second-order valence-electron chi connectivity index (χ2n) is 7.00. The average Bonchev–Trinajstić information content (AvgIpc) is 3.08. The van der Waals surface area contributed by atoms with Gasteiger partial charge in [0.25, 0.3) is 11.5 Å². The van der Waals surface area contributed by atoms with Gasteiger partial charge in [-0.3, -0.25) is 14.6 Å². The minimum absolute atomic E-state index is 0.0449. The maximum atomic E-state index is 13.1. The zero-order valence-corrected chi connectivity index (χ0v) is 15.5. The number of pyridine rings is 2. The molecular weight excluding hydrogens is 344 g/mol. The molecule has 0 aliphatic carbocycles. The molecule has 3 aromatic rings. The largest absolute Gasteiger partial charge is 0.360 e. The van der Waals surface area contributed by atoms with Crippen molar-refractivity contribution in [2.45, 2.75) is 39.0 Å². The van der Waals surface area contributed by atoms with Crippen molar-refractivity contribution in [3.63, 3.8) is 0 Å². The zero-order valence-electron chi connectivity index (χ0n) is 15.5. The molecule has 1 aliphatic heterocycles. The first-order valence-electron chi connectivity index (χ1n) is 9.30. The molecule has 27 heavy (non-hydrogen) atoms. The highest BCUT2D eigenvalue weighted by Gasteiger charge is 2.30. The lowest BCUT2D eigenvalue weighted by molar-refractivity contribution is 0.0703. The molecule has 7 nitrogen and oxygen atoms in total. The van der Waals surface area contributed by atoms with E-state index in [1.807, 2.05) is 17.9 Å². The van der Waals surface area contributed by atoms with Gasteiger partial charge in [0.15, 0.2) is 0 Å². The maximum absolute atomic E-state index is 13.1. The summed E-state index contributed by atoms with van der Waals surface area (Å²) >= 11 is 0. The van der Waals surface area contributed by atoms with Crippen LogP contribution in [-0.4, -0.2) is 39.0 Å². The molecule has 0 radical (unpaired) electrons. The zero-order chi connectivity index (χ0) is 19.0. The molecule has 0 aromatic carbocycles. The molecule has 0 unspecified atom stereocenters. The SMILES string of the molecule is CCc1onc(C)c1C(=O)N1CCC[C@@H](c2cc3ncccc3c(=O)[nH]2)C1. The highest BCUT2D eigenvalue weighted by atomic mass is 16.5. The molecule has 1 atom stereocenters. The number of H-pyrrole nitrogens is 1. The van der Waals surface area contributed by atoms with E-state index in [1.165, 1.54) is 0 Å². The van der Waals surface area contributed by atoms with Crippen LogP contribution in [0.15, 0.2) is 33.7 Å². The second-order valence-corrected chi connectivity index (χ2v) is 7.00. The number of likely N-dealkylation sites (tertiary alicyclic amines) is 1. The summed E-state index contributed by atoms with van der Waals surface area (Å²) in [5, 5.41) is 4.53. The topological polar surface area (TPSA) is 92.1 Å². The highest BCUT2D eigenvalue weighted by molar-refractivity contribution is 5.96. The first-order chi connectivity index (χ1) is 13.1. The summed E-state index contributed by atoms with van der Waals surface area (Å²) in [4.78, 5) is 34.6. The Hall–Kier alpha value is -2.96. The van der Waals surface area contributed by atoms with Crippen LogP contribution in [0.2, 0.25) is 0 Å². The van der Waals surface area contributed by atoms with Gasteiger partial charge in [-0.15, -0.1) is 0 Å². The number of carbonyl (C=O) groups excluding carboxylic acids is 1. The number of aromatic nitrogens is 3. The fourth-order valence-corrected chi connectivity index (χ4v) is 3.83. The molecule has 0 bridgehead atoms. The van der Waals surface area contributed by atoms with Gasteiger partial charge < -0.3 is 14.4 Å². The van der Waals surface area contributed by atoms with E-state index < -0.39 is 0 Å². The van der Waals surface area contributed by atoms with Crippen molar-refractivity contribution in [1.82, 2.24) is 20.0 Å². The molecule has 7 heteroatoms. The van der Waals surface area contributed by atoms with E-state index in [1.54, 1.807) is 25.3 Å². The van der Waals surface area contributed by atoms with Crippen molar-refractivity contribution >= 4 is 16.8 Å². The molecule has 0 spiro atoms. The van der Waals surface area contributed by atoms with Gasteiger partial charge in [-0.2, -0.15) is 0 Å². The minimum atomic E-state index is -0.137. The summed E-state index contributed by atoms with van der Waals surface area (Å²) in [5.74, 6) is 0.659. The number of piperidine rings is 1. The Morgan fingerprint density at radius 3 is 3.11 bits per heavy atom.